The van der Waals surface area contributed by atoms with Crippen molar-refractivity contribution in [3.8, 4) is 5.75 Å². The van der Waals surface area contributed by atoms with E-state index in [-0.39, 0.29) is 0 Å². The predicted octanol–water partition coefficient (Wildman–Crippen LogP) is 4.54. The van der Waals surface area contributed by atoms with Crippen LogP contribution in [-0.2, 0) is 4.74 Å². The number of nitrogens with one attached hydrogen (secondary N) is 1. The molecule has 1 saturated heterocycles. The van der Waals surface area contributed by atoms with E-state index in [1.807, 2.05) is 0 Å². The first-order valence-corrected chi connectivity index (χ1v) is 8.34. The van der Waals surface area contributed by atoms with Gasteiger partial charge in [-0.2, -0.15) is 0 Å². The van der Waals surface area contributed by atoms with Gasteiger partial charge in [0.15, 0.2) is 0 Å². The third-order valence-corrected chi connectivity index (χ3v) is 3.94. The number of ether oxygens (including phenoxy) is 2. The van der Waals surface area contributed by atoms with E-state index < -0.39 is 0 Å². The second-order valence-electron chi connectivity index (χ2n) is 6.00. The van der Waals surface area contributed by atoms with E-state index in [2.05, 4.69) is 44.3 Å². The molecule has 0 aromatic heterocycles. The highest BCUT2D eigenvalue weighted by Gasteiger charge is 2.22. The second-order valence-corrected chi connectivity index (χ2v) is 6.00. The van der Waals surface area contributed by atoms with Crippen molar-refractivity contribution in [2.24, 2.45) is 0 Å². The molecule has 3 heteroatoms. The maximum Gasteiger partial charge on any atom is 0.142 e. The van der Waals surface area contributed by atoms with Gasteiger partial charge in [0, 0.05) is 12.6 Å². The summed E-state index contributed by atoms with van der Waals surface area (Å²) in [4.78, 5) is 0. The van der Waals surface area contributed by atoms with E-state index in [4.69, 9.17) is 9.47 Å². The number of hydrogen-bond donors (Lipinski definition) is 1. The molecule has 2 atom stereocenters. The van der Waals surface area contributed by atoms with Crippen LogP contribution in [0.25, 0.3) is 0 Å². The largest absolute Gasteiger partial charge is 0.491 e. The van der Waals surface area contributed by atoms with E-state index in [9.17, 15) is 0 Å². The Kier molecular flexibility index (Phi) is 6.37. The quantitative estimate of drug-likeness (QED) is 0.800. The topological polar surface area (TPSA) is 30.5 Å². The summed E-state index contributed by atoms with van der Waals surface area (Å²) in [5.74, 6) is 0.982. The van der Waals surface area contributed by atoms with Crippen LogP contribution in [0.1, 0.15) is 51.5 Å². The minimum absolute atomic E-state index is 0.409. The molecule has 118 valence electrons. The van der Waals surface area contributed by atoms with Crippen molar-refractivity contribution in [2.45, 2.75) is 65.0 Å². The molecule has 2 unspecified atom stereocenters. The molecular weight excluding hydrogens is 262 g/mol. The molecule has 0 spiro atoms. The number of anilines is 1. The van der Waals surface area contributed by atoms with Crippen LogP contribution in [0.15, 0.2) is 18.2 Å². The molecule has 2 rings (SSSR count). The minimum Gasteiger partial charge on any atom is -0.491 e. The molecule has 1 aliphatic rings. The average Bonchev–Trinajstić information content (AvgIpc) is 2.48. The van der Waals surface area contributed by atoms with E-state index in [1.54, 1.807) is 0 Å². The SMILES string of the molecule is CCCOc1cc(C)ccc1NC1CCOC(CCC)C1. The van der Waals surface area contributed by atoms with Gasteiger partial charge in [0.05, 0.1) is 18.4 Å². The molecule has 0 bridgehead atoms. The Morgan fingerprint density at radius 1 is 1.29 bits per heavy atom. The lowest BCUT2D eigenvalue weighted by Gasteiger charge is -2.31. The van der Waals surface area contributed by atoms with E-state index in [0.717, 1.165) is 50.3 Å². The van der Waals surface area contributed by atoms with Crippen LogP contribution >= 0.6 is 0 Å². The first-order chi connectivity index (χ1) is 10.2. The summed E-state index contributed by atoms with van der Waals surface area (Å²) in [5.41, 5.74) is 2.36. The Morgan fingerprint density at radius 2 is 2.14 bits per heavy atom. The van der Waals surface area contributed by atoms with Crippen LogP contribution in [0.5, 0.6) is 5.75 Å². The smallest absolute Gasteiger partial charge is 0.142 e. The second kappa shape index (κ2) is 8.28. The van der Waals surface area contributed by atoms with Crippen molar-refractivity contribution >= 4 is 5.69 Å². The van der Waals surface area contributed by atoms with Gasteiger partial charge in [0.1, 0.15) is 5.75 Å². The summed E-state index contributed by atoms with van der Waals surface area (Å²) in [6, 6.07) is 6.90. The molecule has 0 aliphatic carbocycles. The van der Waals surface area contributed by atoms with Gasteiger partial charge in [0.25, 0.3) is 0 Å². The standard InChI is InChI=1S/C18H29NO2/c1-4-6-16-13-15(9-11-20-16)19-17-8-7-14(3)12-18(17)21-10-5-2/h7-8,12,15-16,19H,4-6,9-11,13H2,1-3H3. The average molecular weight is 291 g/mol. The molecule has 0 radical (unpaired) electrons. The van der Waals surface area contributed by atoms with E-state index in [1.165, 1.54) is 12.0 Å². The molecule has 0 saturated carbocycles. The summed E-state index contributed by atoms with van der Waals surface area (Å²) < 4.78 is 11.7. The van der Waals surface area contributed by atoms with Crippen molar-refractivity contribution in [2.75, 3.05) is 18.5 Å². The normalized spacial score (nSPS) is 22.0. The molecule has 1 aromatic carbocycles. The van der Waals surface area contributed by atoms with Crippen LogP contribution in [0, 0.1) is 6.92 Å². The van der Waals surface area contributed by atoms with Crippen molar-refractivity contribution in [1.82, 2.24) is 0 Å². The molecule has 1 aromatic rings. The molecule has 1 heterocycles. The van der Waals surface area contributed by atoms with Crippen molar-refractivity contribution in [3.63, 3.8) is 0 Å². The van der Waals surface area contributed by atoms with Crippen LogP contribution in [0.2, 0.25) is 0 Å². The lowest BCUT2D eigenvalue weighted by Crippen LogP contribution is -2.34. The van der Waals surface area contributed by atoms with Gasteiger partial charge in [-0.3, -0.25) is 0 Å². The Morgan fingerprint density at radius 3 is 2.90 bits per heavy atom. The Labute approximate surface area is 129 Å². The lowest BCUT2D eigenvalue weighted by molar-refractivity contribution is 0.00594. The highest BCUT2D eigenvalue weighted by molar-refractivity contribution is 5.58. The number of rotatable bonds is 7. The van der Waals surface area contributed by atoms with E-state index >= 15 is 0 Å². The maximum atomic E-state index is 5.89. The monoisotopic (exact) mass is 291 g/mol. The highest BCUT2D eigenvalue weighted by atomic mass is 16.5. The fourth-order valence-corrected chi connectivity index (χ4v) is 2.83. The Bertz CT molecular complexity index is 431. The third kappa shape index (κ3) is 4.92. The van der Waals surface area contributed by atoms with Crippen LogP contribution in [0.3, 0.4) is 0 Å². The lowest BCUT2D eigenvalue weighted by atomic mass is 9.99. The molecule has 3 nitrogen and oxygen atoms in total. The Hall–Kier alpha value is -1.22. The van der Waals surface area contributed by atoms with Crippen LogP contribution in [0.4, 0.5) is 5.69 Å². The maximum absolute atomic E-state index is 5.89. The van der Waals surface area contributed by atoms with Gasteiger partial charge in [-0.25, -0.2) is 0 Å². The van der Waals surface area contributed by atoms with Gasteiger partial charge in [-0.15, -0.1) is 0 Å². The zero-order valence-corrected chi connectivity index (χ0v) is 13.7. The molecule has 1 N–H and O–H groups in total. The number of hydrogen-bond acceptors (Lipinski definition) is 3. The number of aryl methyl sites for hydroxylation is 1. The first kappa shape index (κ1) is 16.2. The zero-order valence-electron chi connectivity index (χ0n) is 13.7. The Balaban J connectivity index is 2.00. The highest BCUT2D eigenvalue weighted by Crippen LogP contribution is 2.29. The molecular formula is C18H29NO2. The number of benzene rings is 1. The van der Waals surface area contributed by atoms with Gasteiger partial charge < -0.3 is 14.8 Å². The van der Waals surface area contributed by atoms with Gasteiger partial charge in [-0.1, -0.05) is 26.3 Å². The van der Waals surface area contributed by atoms with Gasteiger partial charge >= 0.3 is 0 Å². The molecule has 0 amide bonds. The van der Waals surface area contributed by atoms with Gasteiger partial charge in [0.2, 0.25) is 0 Å². The summed E-state index contributed by atoms with van der Waals surface area (Å²) in [7, 11) is 0. The third-order valence-electron chi connectivity index (χ3n) is 3.94. The fraction of sp³-hybridized carbons (Fsp3) is 0.667. The first-order valence-electron chi connectivity index (χ1n) is 8.34. The predicted molar refractivity (Wildman–Crippen MR) is 88.3 cm³/mol. The van der Waals surface area contributed by atoms with Crippen LogP contribution in [-0.4, -0.2) is 25.4 Å². The summed E-state index contributed by atoms with van der Waals surface area (Å²) in [6.07, 6.45) is 5.95. The van der Waals surface area contributed by atoms with Crippen LogP contribution < -0.4 is 10.1 Å². The molecule has 1 aliphatic heterocycles. The molecule has 1 fully saturated rings. The summed E-state index contributed by atoms with van der Waals surface area (Å²) in [5, 5.41) is 3.67. The fourth-order valence-electron chi connectivity index (χ4n) is 2.83. The van der Waals surface area contributed by atoms with E-state index in [0.29, 0.717) is 12.1 Å². The summed E-state index contributed by atoms with van der Waals surface area (Å²) in [6.45, 7) is 8.09. The molecule has 21 heavy (non-hydrogen) atoms. The van der Waals surface area contributed by atoms with Crippen molar-refractivity contribution < 1.29 is 9.47 Å². The summed E-state index contributed by atoms with van der Waals surface area (Å²) >= 11 is 0. The van der Waals surface area contributed by atoms with Crippen molar-refractivity contribution in [3.05, 3.63) is 23.8 Å². The zero-order chi connectivity index (χ0) is 15.1. The van der Waals surface area contributed by atoms with Crippen molar-refractivity contribution in [1.29, 1.82) is 0 Å². The minimum atomic E-state index is 0.409. The van der Waals surface area contributed by atoms with Gasteiger partial charge in [-0.05, 0) is 50.3 Å².